The fraction of sp³-hybridized carbons (Fsp3) is 0.522. The van der Waals surface area contributed by atoms with Crippen LogP contribution in [0.3, 0.4) is 0 Å². The summed E-state index contributed by atoms with van der Waals surface area (Å²) in [5, 5.41) is 10.2. The number of hydrogen-bond donors (Lipinski definition) is 2. The van der Waals surface area contributed by atoms with E-state index < -0.39 is 0 Å². The van der Waals surface area contributed by atoms with Crippen LogP contribution in [0.25, 0.3) is 0 Å². The Morgan fingerprint density at radius 3 is 2.45 bits per heavy atom. The van der Waals surface area contributed by atoms with Gasteiger partial charge in [0.15, 0.2) is 0 Å². The SMILES string of the molecule is CCOc1ccccc1NC(=O)N(CC(=O)Nc1cc(C(C)(C)C)nn1C)CC(C)C. The highest BCUT2D eigenvalue weighted by molar-refractivity contribution is 5.97. The van der Waals surface area contributed by atoms with Crippen LogP contribution in [0.1, 0.15) is 47.2 Å². The van der Waals surface area contributed by atoms with Gasteiger partial charge in [-0.1, -0.05) is 46.8 Å². The minimum Gasteiger partial charge on any atom is -0.492 e. The molecule has 31 heavy (non-hydrogen) atoms. The summed E-state index contributed by atoms with van der Waals surface area (Å²) in [5.41, 5.74) is 1.33. The van der Waals surface area contributed by atoms with E-state index in [0.717, 1.165) is 5.69 Å². The summed E-state index contributed by atoms with van der Waals surface area (Å²) in [5.74, 6) is 1.11. The molecule has 0 aliphatic carbocycles. The van der Waals surface area contributed by atoms with Gasteiger partial charge in [-0.2, -0.15) is 5.10 Å². The van der Waals surface area contributed by atoms with Crippen LogP contribution in [0.4, 0.5) is 16.3 Å². The molecule has 0 aliphatic rings. The molecule has 0 saturated carbocycles. The lowest BCUT2D eigenvalue weighted by Crippen LogP contribution is -2.42. The van der Waals surface area contributed by atoms with Crippen molar-refractivity contribution in [3.8, 4) is 5.75 Å². The number of rotatable bonds is 8. The molecule has 2 aromatic rings. The highest BCUT2D eigenvalue weighted by Crippen LogP contribution is 2.25. The third-order valence-electron chi connectivity index (χ3n) is 4.55. The van der Waals surface area contributed by atoms with Crippen molar-refractivity contribution in [2.75, 3.05) is 30.3 Å². The van der Waals surface area contributed by atoms with E-state index >= 15 is 0 Å². The van der Waals surface area contributed by atoms with E-state index in [9.17, 15) is 9.59 Å². The summed E-state index contributed by atoms with van der Waals surface area (Å²) >= 11 is 0. The molecular weight excluding hydrogens is 394 g/mol. The molecule has 1 heterocycles. The zero-order chi connectivity index (χ0) is 23.2. The second kappa shape index (κ2) is 10.3. The van der Waals surface area contributed by atoms with E-state index in [-0.39, 0.29) is 29.8 Å². The Balaban J connectivity index is 2.11. The normalized spacial score (nSPS) is 11.4. The molecule has 0 fully saturated rings. The Labute approximate surface area is 185 Å². The van der Waals surface area contributed by atoms with Crippen molar-refractivity contribution in [1.29, 1.82) is 0 Å². The van der Waals surface area contributed by atoms with Crippen LogP contribution in [-0.2, 0) is 17.3 Å². The quantitative estimate of drug-likeness (QED) is 0.657. The maximum atomic E-state index is 13.0. The number of amides is 3. The molecule has 8 nitrogen and oxygen atoms in total. The van der Waals surface area contributed by atoms with Gasteiger partial charge in [0.25, 0.3) is 0 Å². The first kappa shape index (κ1) is 24.2. The summed E-state index contributed by atoms with van der Waals surface area (Å²) in [6.07, 6.45) is 0. The second-order valence-corrected chi connectivity index (χ2v) is 8.97. The number of aryl methyl sites for hydroxylation is 1. The first-order chi connectivity index (χ1) is 14.5. The average Bonchev–Trinajstić information content (AvgIpc) is 3.03. The van der Waals surface area contributed by atoms with E-state index in [0.29, 0.717) is 30.4 Å². The molecule has 1 aromatic carbocycles. The average molecular weight is 430 g/mol. The highest BCUT2D eigenvalue weighted by Gasteiger charge is 2.22. The Hall–Kier alpha value is -3.03. The molecule has 2 rings (SSSR count). The number of nitrogens with one attached hydrogen (secondary N) is 2. The largest absolute Gasteiger partial charge is 0.492 e. The molecular formula is C23H35N5O3. The number of carbonyl (C=O) groups excluding carboxylic acids is 2. The van der Waals surface area contributed by atoms with E-state index in [2.05, 4.69) is 36.5 Å². The van der Waals surface area contributed by atoms with Crippen molar-refractivity contribution in [3.05, 3.63) is 36.0 Å². The van der Waals surface area contributed by atoms with E-state index in [4.69, 9.17) is 4.74 Å². The highest BCUT2D eigenvalue weighted by atomic mass is 16.5. The summed E-state index contributed by atoms with van der Waals surface area (Å²) in [7, 11) is 1.79. The van der Waals surface area contributed by atoms with Gasteiger partial charge in [-0.15, -0.1) is 0 Å². The summed E-state index contributed by atoms with van der Waals surface area (Å²) in [6, 6.07) is 8.76. The standard InChI is InChI=1S/C23H35N5O3/c1-8-31-18-12-10-9-11-17(18)24-22(30)28(14-16(2)3)15-21(29)25-20-13-19(23(4,5)6)26-27(20)7/h9-13,16H,8,14-15H2,1-7H3,(H,24,30)(H,25,29). The minimum absolute atomic E-state index is 0.0726. The van der Waals surface area contributed by atoms with Crippen LogP contribution in [0, 0.1) is 5.92 Å². The molecule has 2 N–H and O–H groups in total. The summed E-state index contributed by atoms with van der Waals surface area (Å²) in [4.78, 5) is 27.2. The zero-order valence-electron chi connectivity index (χ0n) is 19.7. The third kappa shape index (κ3) is 7.01. The van der Waals surface area contributed by atoms with E-state index in [1.807, 2.05) is 39.0 Å². The predicted molar refractivity (Wildman–Crippen MR) is 124 cm³/mol. The van der Waals surface area contributed by atoms with Crippen LogP contribution < -0.4 is 15.4 Å². The van der Waals surface area contributed by atoms with Gasteiger partial charge in [-0.3, -0.25) is 9.48 Å². The Morgan fingerprint density at radius 2 is 1.87 bits per heavy atom. The number of anilines is 2. The first-order valence-corrected chi connectivity index (χ1v) is 10.6. The smallest absolute Gasteiger partial charge is 0.322 e. The van der Waals surface area contributed by atoms with Crippen LogP contribution >= 0.6 is 0 Å². The molecule has 0 spiro atoms. The molecule has 0 bridgehead atoms. The molecule has 0 aliphatic heterocycles. The lowest BCUT2D eigenvalue weighted by atomic mass is 9.92. The fourth-order valence-corrected chi connectivity index (χ4v) is 3.01. The van der Waals surface area contributed by atoms with Crippen molar-refractivity contribution >= 4 is 23.4 Å². The van der Waals surface area contributed by atoms with Crippen molar-refractivity contribution in [2.45, 2.75) is 47.0 Å². The number of aromatic nitrogens is 2. The van der Waals surface area contributed by atoms with Crippen molar-refractivity contribution in [3.63, 3.8) is 0 Å². The second-order valence-electron chi connectivity index (χ2n) is 8.97. The maximum Gasteiger partial charge on any atom is 0.322 e. The number of carbonyl (C=O) groups is 2. The molecule has 0 radical (unpaired) electrons. The number of hydrogen-bond acceptors (Lipinski definition) is 4. The molecule has 3 amide bonds. The first-order valence-electron chi connectivity index (χ1n) is 10.6. The Bertz CT molecular complexity index is 899. The van der Waals surface area contributed by atoms with E-state index in [1.165, 1.54) is 4.90 Å². The van der Waals surface area contributed by atoms with Gasteiger partial charge in [-0.25, -0.2) is 4.79 Å². The van der Waals surface area contributed by atoms with Crippen LogP contribution in [0.15, 0.2) is 30.3 Å². The van der Waals surface area contributed by atoms with Gasteiger partial charge >= 0.3 is 6.03 Å². The van der Waals surface area contributed by atoms with Gasteiger partial charge in [0.05, 0.1) is 18.0 Å². The lowest BCUT2D eigenvalue weighted by molar-refractivity contribution is -0.116. The zero-order valence-corrected chi connectivity index (χ0v) is 19.7. The van der Waals surface area contributed by atoms with Crippen LogP contribution in [-0.4, -0.2) is 46.3 Å². The topological polar surface area (TPSA) is 88.5 Å². The van der Waals surface area contributed by atoms with Crippen LogP contribution in [0.2, 0.25) is 0 Å². The maximum absolute atomic E-state index is 13.0. The Kier molecular flexibility index (Phi) is 8.08. The number of para-hydroxylation sites is 2. The Morgan fingerprint density at radius 1 is 1.19 bits per heavy atom. The molecule has 8 heteroatoms. The van der Waals surface area contributed by atoms with Gasteiger partial charge in [0.2, 0.25) is 5.91 Å². The number of nitrogens with zero attached hydrogens (tertiary/aromatic N) is 3. The molecule has 0 atom stereocenters. The van der Waals surface area contributed by atoms with Crippen molar-refractivity contribution < 1.29 is 14.3 Å². The number of ether oxygens (including phenoxy) is 1. The molecule has 0 saturated heterocycles. The van der Waals surface area contributed by atoms with Gasteiger partial charge < -0.3 is 20.3 Å². The van der Waals surface area contributed by atoms with Crippen LogP contribution in [0.5, 0.6) is 5.75 Å². The summed E-state index contributed by atoms with van der Waals surface area (Å²) in [6.45, 7) is 12.9. The lowest BCUT2D eigenvalue weighted by Gasteiger charge is -2.25. The van der Waals surface area contributed by atoms with Crippen molar-refractivity contribution in [2.24, 2.45) is 13.0 Å². The minimum atomic E-state index is -0.351. The van der Waals surface area contributed by atoms with Gasteiger partial charge in [0.1, 0.15) is 18.1 Å². The molecule has 1 aromatic heterocycles. The number of urea groups is 1. The van der Waals surface area contributed by atoms with Crippen molar-refractivity contribution in [1.82, 2.24) is 14.7 Å². The predicted octanol–water partition coefficient (Wildman–Crippen LogP) is 4.24. The fourth-order valence-electron chi connectivity index (χ4n) is 3.01. The van der Waals surface area contributed by atoms with E-state index in [1.54, 1.807) is 23.9 Å². The third-order valence-corrected chi connectivity index (χ3v) is 4.55. The monoisotopic (exact) mass is 429 g/mol. The van der Waals surface area contributed by atoms with Gasteiger partial charge in [-0.05, 0) is 25.0 Å². The molecule has 170 valence electrons. The van der Waals surface area contributed by atoms with Gasteiger partial charge in [0, 0.05) is 25.1 Å². The number of benzene rings is 1. The molecule has 0 unspecified atom stereocenters. The summed E-state index contributed by atoms with van der Waals surface area (Å²) < 4.78 is 7.22.